The molecule has 0 aromatic heterocycles. The average Bonchev–Trinajstić information content (AvgIpc) is 2.68. The van der Waals surface area contributed by atoms with Crippen molar-refractivity contribution >= 4 is 30.7 Å². The molecule has 1 atom stereocenters. The van der Waals surface area contributed by atoms with E-state index in [-0.39, 0.29) is 36.3 Å². The Bertz CT molecular complexity index is 421. The van der Waals surface area contributed by atoms with Crippen molar-refractivity contribution in [3.8, 4) is 0 Å². The third-order valence-electron chi connectivity index (χ3n) is 6.76. The third kappa shape index (κ3) is 7.04. The molecule has 3 rings (SSSR count). The second-order valence-electron chi connectivity index (χ2n) is 8.43. The molecule has 3 saturated heterocycles. The van der Waals surface area contributed by atoms with Gasteiger partial charge < -0.3 is 15.4 Å². The molecule has 1 amide bonds. The first-order valence-electron chi connectivity index (χ1n) is 10.5. The fourth-order valence-corrected chi connectivity index (χ4v) is 4.93. The van der Waals surface area contributed by atoms with Crippen molar-refractivity contribution in [3.05, 3.63) is 0 Å². The van der Waals surface area contributed by atoms with Gasteiger partial charge in [-0.3, -0.25) is 9.69 Å². The minimum absolute atomic E-state index is 0. The van der Waals surface area contributed by atoms with E-state index < -0.39 is 0 Å². The standard InChI is InChI=1S/C20H37N3O2.2ClH/c1-17(18-5-9-21-10-6-18)15-19(24)22-16-20(7-13-25-14-8-20)23-11-3-2-4-12-23;;/h17-18,21H,2-16H2,1H3,(H,22,24);2*1H. The quantitative estimate of drug-likeness (QED) is 0.689. The fourth-order valence-electron chi connectivity index (χ4n) is 4.93. The van der Waals surface area contributed by atoms with Crippen molar-refractivity contribution in [1.82, 2.24) is 15.5 Å². The summed E-state index contributed by atoms with van der Waals surface area (Å²) in [7, 11) is 0. The number of carbonyl (C=O) groups is 1. The van der Waals surface area contributed by atoms with Crippen LogP contribution in [0.4, 0.5) is 0 Å². The van der Waals surface area contributed by atoms with Crippen molar-refractivity contribution in [2.45, 2.75) is 63.8 Å². The molecule has 0 aromatic rings. The van der Waals surface area contributed by atoms with Crippen LogP contribution in [0.5, 0.6) is 0 Å². The maximum Gasteiger partial charge on any atom is 0.220 e. The predicted octanol–water partition coefficient (Wildman–Crippen LogP) is 3.01. The zero-order chi connectivity index (χ0) is 17.5. The minimum atomic E-state index is 0. The van der Waals surface area contributed by atoms with Gasteiger partial charge in [0.05, 0.1) is 0 Å². The van der Waals surface area contributed by atoms with E-state index in [2.05, 4.69) is 22.5 Å². The zero-order valence-corrected chi connectivity index (χ0v) is 18.5. The van der Waals surface area contributed by atoms with Gasteiger partial charge in [-0.05, 0) is 76.5 Å². The van der Waals surface area contributed by atoms with Gasteiger partial charge in [0.2, 0.25) is 5.91 Å². The lowest BCUT2D eigenvalue weighted by Crippen LogP contribution is -2.59. The van der Waals surface area contributed by atoms with Gasteiger partial charge >= 0.3 is 0 Å². The van der Waals surface area contributed by atoms with Gasteiger partial charge in [0.1, 0.15) is 0 Å². The number of ether oxygens (including phenoxy) is 1. The zero-order valence-electron chi connectivity index (χ0n) is 16.8. The monoisotopic (exact) mass is 423 g/mol. The lowest BCUT2D eigenvalue weighted by molar-refractivity contribution is -0.124. The van der Waals surface area contributed by atoms with Crippen LogP contribution in [0.15, 0.2) is 0 Å². The Morgan fingerprint density at radius 3 is 2.41 bits per heavy atom. The van der Waals surface area contributed by atoms with Gasteiger partial charge in [0.15, 0.2) is 0 Å². The Morgan fingerprint density at radius 2 is 1.78 bits per heavy atom. The summed E-state index contributed by atoms with van der Waals surface area (Å²) in [4.78, 5) is 15.2. The van der Waals surface area contributed by atoms with Crippen molar-refractivity contribution < 1.29 is 9.53 Å². The number of piperidine rings is 2. The Morgan fingerprint density at radius 1 is 1.15 bits per heavy atom. The highest BCUT2D eigenvalue weighted by Crippen LogP contribution is 2.30. The van der Waals surface area contributed by atoms with E-state index >= 15 is 0 Å². The summed E-state index contributed by atoms with van der Waals surface area (Å²) < 4.78 is 5.62. The van der Waals surface area contributed by atoms with Gasteiger partial charge in [-0.1, -0.05) is 13.3 Å². The van der Waals surface area contributed by atoms with Crippen LogP contribution >= 0.6 is 24.8 Å². The number of rotatable bonds is 6. The summed E-state index contributed by atoms with van der Waals surface area (Å²) in [6, 6.07) is 0. The summed E-state index contributed by atoms with van der Waals surface area (Å²) in [6.45, 7) is 9.29. The minimum Gasteiger partial charge on any atom is -0.381 e. The molecule has 27 heavy (non-hydrogen) atoms. The van der Waals surface area contributed by atoms with Crippen LogP contribution in [0.3, 0.4) is 0 Å². The third-order valence-corrected chi connectivity index (χ3v) is 6.76. The molecule has 0 radical (unpaired) electrons. The molecule has 0 aliphatic carbocycles. The van der Waals surface area contributed by atoms with E-state index in [0.717, 1.165) is 45.7 Å². The summed E-state index contributed by atoms with van der Waals surface area (Å²) in [5, 5.41) is 6.72. The van der Waals surface area contributed by atoms with Crippen LogP contribution in [0, 0.1) is 11.8 Å². The number of hydrogen-bond acceptors (Lipinski definition) is 4. The van der Waals surface area contributed by atoms with Crippen molar-refractivity contribution in [2.75, 3.05) is 45.9 Å². The van der Waals surface area contributed by atoms with E-state index in [1.807, 2.05) is 0 Å². The molecular formula is C20H39Cl2N3O2. The van der Waals surface area contributed by atoms with Gasteiger partial charge in [0, 0.05) is 31.7 Å². The molecule has 0 bridgehead atoms. The molecule has 3 aliphatic heterocycles. The molecule has 160 valence electrons. The normalized spacial score (nSPS) is 24.9. The Labute approximate surface area is 177 Å². The van der Waals surface area contributed by atoms with Crippen LogP contribution in [0.1, 0.15) is 58.3 Å². The number of halogens is 2. The van der Waals surface area contributed by atoms with E-state index in [4.69, 9.17) is 4.74 Å². The molecule has 7 heteroatoms. The molecule has 2 N–H and O–H groups in total. The maximum absolute atomic E-state index is 12.6. The number of nitrogens with one attached hydrogen (secondary N) is 2. The Hall–Kier alpha value is -0.0700. The van der Waals surface area contributed by atoms with Gasteiger partial charge in [-0.25, -0.2) is 0 Å². The largest absolute Gasteiger partial charge is 0.381 e. The number of nitrogens with zero attached hydrogens (tertiary/aromatic N) is 1. The first-order chi connectivity index (χ1) is 12.2. The first kappa shape index (κ1) is 25.0. The van der Waals surface area contributed by atoms with Crippen molar-refractivity contribution in [3.63, 3.8) is 0 Å². The molecule has 0 aromatic carbocycles. The van der Waals surface area contributed by atoms with E-state index in [0.29, 0.717) is 18.3 Å². The average molecular weight is 424 g/mol. The van der Waals surface area contributed by atoms with E-state index in [1.165, 1.54) is 45.2 Å². The lowest BCUT2D eigenvalue weighted by Gasteiger charge is -2.48. The number of amides is 1. The predicted molar refractivity (Wildman–Crippen MR) is 115 cm³/mol. The van der Waals surface area contributed by atoms with Crippen LogP contribution < -0.4 is 10.6 Å². The second kappa shape index (κ2) is 12.5. The fraction of sp³-hybridized carbons (Fsp3) is 0.950. The lowest BCUT2D eigenvalue weighted by atomic mass is 9.83. The van der Waals surface area contributed by atoms with Crippen LogP contribution in [0.2, 0.25) is 0 Å². The van der Waals surface area contributed by atoms with Crippen molar-refractivity contribution in [2.24, 2.45) is 11.8 Å². The maximum atomic E-state index is 12.6. The number of carbonyl (C=O) groups excluding carboxylic acids is 1. The van der Waals surface area contributed by atoms with Crippen LogP contribution in [-0.4, -0.2) is 62.3 Å². The van der Waals surface area contributed by atoms with Crippen LogP contribution in [0.25, 0.3) is 0 Å². The summed E-state index contributed by atoms with van der Waals surface area (Å²) in [5.74, 6) is 1.43. The topological polar surface area (TPSA) is 53.6 Å². The first-order valence-corrected chi connectivity index (χ1v) is 10.5. The highest BCUT2D eigenvalue weighted by atomic mass is 35.5. The van der Waals surface area contributed by atoms with E-state index in [1.54, 1.807) is 0 Å². The molecule has 1 unspecified atom stereocenters. The highest BCUT2D eigenvalue weighted by Gasteiger charge is 2.39. The Balaban J connectivity index is 0.00000182. The van der Waals surface area contributed by atoms with Gasteiger partial charge in [-0.15, -0.1) is 24.8 Å². The molecule has 0 saturated carbocycles. The summed E-state index contributed by atoms with van der Waals surface area (Å²) >= 11 is 0. The molecule has 3 heterocycles. The number of hydrogen-bond donors (Lipinski definition) is 2. The molecule has 3 fully saturated rings. The highest BCUT2D eigenvalue weighted by molar-refractivity contribution is 5.85. The molecular weight excluding hydrogens is 385 g/mol. The summed E-state index contributed by atoms with van der Waals surface area (Å²) in [5.41, 5.74) is 0.131. The molecule has 5 nitrogen and oxygen atoms in total. The summed E-state index contributed by atoms with van der Waals surface area (Å²) in [6.07, 6.45) is 9.15. The molecule has 0 spiro atoms. The second-order valence-corrected chi connectivity index (χ2v) is 8.43. The van der Waals surface area contributed by atoms with Gasteiger partial charge in [-0.2, -0.15) is 0 Å². The van der Waals surface area contributed by atoms with Crippen molar-refractivity contribution in [1.29, 1.82) is 0 Å². The number of likely N-dealkylation sites (tertiary alicyclic amines) is 1. The SMILES string of the molecule is CC(CC(=O)NCC1(N2CCCCC2)CCOCC1)C1CCNCC1.Cl.Cl. The smallest absolute Gasteiger partial charge is 0.220 e. The van der Waals surface area contributed by atoms with Gasteiger partial charge in [0.25, 0.3) is 0 Å². The Kier molecular flexibility index (Phi) is 11.5. The molecule has 3 aliphatic rings. The van der Waals surface area contributed by atoms with Crippen LogP contribution in [-0.2, 0) is 9.53 Å². The van der Waals surface area contributed by atoms with E-state index in [9.17, 15) is 4.79 Å².